The van der Waals surface area contributed by atoms with Crippen LogP contribution in [0.3, 0.4) is 0 Å². The summed E-state index contributed by atoms with van der Waals surface area (Å²) in [5.41, 5.74) is 4.59. The molecule has 3 heterocycles. The van der Waals surface area contributed by atoms with Gasteiger partial charge in [-0.1, -0.05) is 30.3 Å². The Balaban J connectivity index is 1.57. The van der Waals surface area contributed by atoms with Gasteiger partial charge in [-0.15, -0.1) is 0 Å². The van der Waals surface area contributed by atoms with E-state index in [9.17, 15) is 4.79 Å². The van der Waals surface area contributed by atoms with Crippen LogP contribution < -0.4 is 10.6 Å². The van der Waals surface area contributed by atoms with Crippen molar-refractivity contribution in [3.8, 4) is 0 Å². The molecule has 0 saturated heterocycles. The van der Waals surface area contributed by atoms with Crippen molar-refractivity contribution in [1.29, 1.82) is 0 Å². The van der Waals surface area contributed by atoms with Gasteiger partial charge in [-0.3, -0.25) is 4.79 Å². The number of amides is 1. The highest BCUT2D eigenvalue weighted by molar-refractivity contribution is 6.05. The lowest BCUT2D eigenvalue weighted by molar-refractivity contribution is -0.117. The Morgan fingerprint density at radius 3 is 2.96 bits per heavy atom. The molecule has 3 aromatic rings. The number of hydrogen-bond donors (Lipinski definition) is 3. The van der Waals surface area contributed by atoms with E-state index in [1.807, 2.05) is 48.7 Å². The fourth-order valence-corrected chi connectivity index (χ4v) is 2.81. The zero-order chi connectivity index (χ0) is 15.6. The van der Waals surface area contributed by atoms with Crippen molar-refractivity contribution in [3.63, 3.8) is 0 Å². The maximum absolute atomic E-state index is 12.5. The third-order valence-corrected chi connectivity index (χ3v) is 3.99. The summed E-state index contributed by atoms with van der Waals surface area (Å²) >= 11 is 0. The molecule has 1 aliphatic rings. The van der Waals surface area contributed by atoms with Gasteiger partial charge in [0.1, 0.15) is 5.65 Å². The second kappa shape index (κ2) is 5.61. The number of carbonyl (C=O) groups excluding carboxylic acids is 1. The zero-order valence-electron chi connectivity index (χ0n) is 12.5. The lowest BCUT2D eigenvalue weighted by atomic mass is 10.1. The Hall–Kier alpha value is -3.08. The number of nitrogens with one attached hydrogen (secondary N) is 3. The minimum atomic E-state index is -0.0588. The molecule has 0 radical (unpaired) electrons. The first-order valence-corrected chi connectivity index (χ1v) is 7.54. The Kier molecular flexibility index (Phi) is 3.31. The number of rotatable bonds is 3. The highest BCUT2D eigenvalue weighted by Gasteiger charge is 2.17. The fourth-order valence-electron chi connectivity index (χ4n) is 2.81. The van der Waals surface area contributed by atoms with Gasteiger partial charge >= 0.3 is 0 Å². The van der Waals surface area contributed by atoms with Crippen LogP contribution in [-0.2, 0) is 11.3 Å². The molecule has 0 spiro atoms. The summed E-state index contributed by atoms with van der Waals surface area (Å²) in [7, 11) is 0. The highest BCUT2D eigenvalue weighted by Crippen LogP contribution is 2.29. The van der Waals surface area contributed by atoms with E-state index >= 15 is 0 Å². The second-order valence-electron chi connectivity index (χ2n) is 5.52. The van der Waals surface area contributed by atoms with Gasteiger partial charge < -0.3 is 15.6 Å². The average Bonchev–Trinajstić information content (AvgIpc) is 2.90. The van der Waals surface area contributed by atoms with Crippen LogP contribution in [0.2, 0.25) is 0 Å². The van der Waals surface area contributed by atoms with E-state index < -0.39 is 0 Å². The molecular weight excluding hydrogens is 288 g/mol. The predicted molar refractivity (Wildman–Crippen MR) is 90.8 cm³/mol. The molecule has 2 aromatic heterocycles. The van der Waals surface area contributed by atoms with E-state index in [0.717, 1.165) is 27.8 Å². The SMILES string of the molecule is O=C(NCc1ccccc1)C1=Cc2c[nH]c3nccc(c23)NC1. The van der Waals surface area contributed by atoms with Gasteiger partial charge in [0.2, 0.25) is 5.91 Å². The van der Waals surface area contributed by atoms with E-state index in [-0.39, 0.29) is 5.91 Å². The van der Waals surface area contributed by atoms with Crippen molar-refractivity contribution in [2.75, 3.05) is 11.9 Å². The molecular formula is C18H16N4O. The molecule has 4 rings (SSSR count). The van der Waals surface area contributed by atoms with Crippen molar-refractivity contribution in [3.05, 3.63) is 65.5 Å². The van der Waals surface area contributed by atoms with Gasteiger partial charge in [0.25, 0.3) is 0 Å². The number of nitrogens with zero attached hydrogens (tertiary/aromatic N) is 1. The van der Waals surface area contributed by atoms with Gasteiger partial charge in [0, 0.05) is 47.7 Å². The van der Waals surface area contributed by atoms with E-state index in [1.54, 1.807) is 6.20 Å². The third kappa shape index (κ3) is 2.57. The standard InChI is InChI=1S/C18H16N4O/c23-18(22-9-12-4-2-1-3-5-12)14-8-13-10-21-17-16(13)15(20-11-14)6-7-19-17/h1-8,10,20H,9,11H2,(H,19,21)(H,22,23). The summed E-state index contributed by atoms with van der Waals surface area (Å²) in [6.45, 7) is 1.02. The van der Waals surface area contributed by atoms with Gasteiger partial charge in [0.15, 0.2) is 0 Å². The predicted octanol–water partition coefficient (Wildman–Crippen LogP) is 2.69. The Labute approximate surface area is 133 Å². The number of aromatic nitrogens is 2. The number of benzene rings is 1. The number of carbonyl (C=O) groups is 1. The highest BCUT2D eigenvalue weighted by atomic mass is 16.1. The second-order valence-corrected chi connectivity index (χ2v) is 5.52. The number of anilines is 1. The number of hydrogen-bond acceptors (Lipinski definition) is 3. The van der Waals surface area contributed by atoms with Crippen LogP contribution >= 0.6 is 0 Å². The molecule has 0 saturated carbocycles. The molecule has 0 unspecified atom stereocenters. The summed E-state index contributed by atoms with van der Waals surface area (Å²) in [5.74, 6) is -0.0588. The minimum Gasteiger partial charge on any atom is -0.380 e. The average molecular weight is 304 g/mol. The first-order chi connectivity index (χ1) is 11.3. The molecule has 0 bridgehead atoms. The number of pyridine rings is 1. The Morgan fingerprint density at radius 1 is 1.22 bits per heavy atom. The molecule has 0 atom stereocenters. The van der Waals surface area contributed by atoms with Crippen LogP contribution in [0.4, 0.5) is 5.69 Å². The summed E-state index contributed by atoms with van der Waals surface area (Å²) in [5, 5.41) is 7.32. The molecule has 3 N–H and O–H groups in total. The molecule has 5 nitrogen and oxygen atoms in total. The Bertz CT molecular complexity index is 896. The van der Waals surface area contributed by atoms with Crippen molar-refractivity contribution in [2.45, 2.75) is 6.54 Å². The van der Waals surface area contributed by atoms with Crippen LogP contribution in [0.1, 0.15) is 11.1 Å². The van der Waals surface area contributed by atoms with E-state index in [1.165, 1.54) is 0 Å². The van der Waals surface area contributed by atoms with Crippen LogP contribution in [0.15, 0.2) is 54.4 Å². The largest absolute Gasteiger partial charge is 0.380 e. The Morgan fingerprint density at radius 2 is 2.09 bits per heavy atom. The minimum absolute atomic E-state index is 0.0588. The van der Waals surface area contributed by atoms with Gasteiger partial charge in [-0.2, -0.15) is 0 Å². The van der Waals surface area contributed by atoms with Gasteiger partial charge in [0.05, 0.1) is 0 Å². The smallest absolute Gasteiger partial charge is 0.249 e. The summed E-state index contributed by atoms with van der Waals surface area (Å²) < 4.78 is 0. The van der Waals surface area contributed by atoms with Gasteiger partial charge in [-0.25, -0.2) is 4.98 Å². The number of aromatic amines is 1. The monoisotopic (exact) mass is 304 g/mol. The normalized spacial score (nSPS) is 13.1. The van der Waals surface area contributed by atoms with Crippen LogP contribution in [-0.4, -0.2) is 22.4 Å². The van der Waals surface area contributed by atoms with Crippen molar-refractivity contribution >= 4 is 28.7 Å². The van der Waals surface area contributed by atoms with Crippen LogP contribution in [0.25, 0.3) is 17.1 Å². The van der Waals surface area contributed by atoms with E-state index in [2.05, 4.69) is 20.6 Å². The van der Waals surface area contributed by atoms with Crippen LogP contribution in [0, 0.1) is 0 Å². The third-order valence-electron chi connectivity index (χ3n) is 3.99. The lowest BCUT2D eigenvalue weighted by Crippen LogP contribution is -2.27. The molecule has 1 aromatic carbocycles. The number of H-pyrrole nitrogens is 1. The topological polar surface area (TPSA) is 69.8 Å². The van der Waals surface area contributed by atoms with Crippen molar-refractivity contribution in [2.24, 2.45) is 0 Å². The van der Waals surface area contributed by atoms with Crippen molar-refractivity contribution in [1.82, 2.24) is 15.3 Å². The first-order valence-electron chi connectivity index (χ1n) is 7.54. The van der Waals surface area contributed by atoms with Crippen molar-refractivity contribution < 1.29 is 4.79 Å². The van der Waals surface area contributed by atoms with E-state index in [4.69, 9.17) is 0 Å². The van der Waals surface area contributed by atoms with Crippen LogP contribution in [0.5, 0.6) is 0 Å². The molecule has 23 heavy (non-hydrogen) atoms. The first kappa shape index (κ1) is 13.6. The molecule has 1 amide bonds. The summed E-state index contributed by atoms with van der Waals surface area (Å²) in [6.07, 6.45) is 5.56. The maximum Gasteiger partial charge on any atom is 0.249 e. The molecule has 0 fully saturated rings. The zero-order valence-corrected chi connectivity index (χ0v) is 12.5. The lowest BCUT2D eigenvalue weighted by Gasteiger charge is -2.09. The van der Waals surface area contributed by atoms with E-state index in [0.29, 0.717) is 18.7 Å². The molecule has 5 heteroatoms. The summed E-state index contributed by atoms with van der Waals surface area (Å²) in [4.78, 5) is 19.9. The summed E-state index contributed by atoms with van der Waals surface area (Å²) in [6, 6.07) is 11.8. The molecule has 0 aliphatic carbocycles. The molecule has 114 valence electrons. The van der Waals surface area contributed by atoms with Gasteiger partial charge in [-0.05, 0) is 17.7 Å². The molecule has 1 aliphatic heterocycles. The maximum atomic E-state index is 12.5. The fraction of sp³-hybridized carbons (Fsp3) is 0.111. The quantitative estimate of drug-likeness (QED) is 0.697.